The lowest BCUT2D eigenvalue weighted by Gasteiger charge is -2.26. The molecule has 0 saturated carbocycles. The summed E-state index contributed by atoms with van der Waals surface area (Å²) in [5.41, 5.74) is 1.30. The van der Waals surface area contributed by atoms with Crippen molar-refractivity contribution < 1.29 is 14.3 Å². The second-order valence-electron chi connectivity index (χ2n) is 4.80. The molecule has 0 aliphatic carbocycles. The van der Waals surface area contributed by atoms with Gasteiger partial charge < -0.3 is 9.47 Å². The summed E-state index contributed by atoms with van der Waals surface area (Å²) in [7, 11) is 1.44. The van der Waals surface area contributed by atoms with E-state index in [2.05, 4.69) is 19.1 Å². The Kier molecular flexibility index (Phi) is 5.14. The maximum absolute atomic E-state index is 11.2. The Balaban J connectivity index is 1.89. The number of carbonyl (C=O) groups is 1. The highest BCUT2D eigenvalue weighted by molar-refractivity contribution is 7.99. The minimum atomic E-state index is -0.132. The number of esters is 1. The number of fused-ring (bicyclic) bond motifs is 1. The van der Waals surface area contributed by atoms with Gasteiger partial charge in [-0.2, -0.15) is 11.8 Å². The van der Waals surface area contributed by atoms with Crippen LogP contribution in [0.5, 0.6) is 5.75 Å². The molecular weight excluding hydrogens is 260 g/mol. The Morgan fingerprint density at radius 1 is 1.53 bits per heavy atom. The average Bonchev–Trinajstić information content (AvgIpc) is 2.44. The molecule has 1 aromatic rings. The number of rotatable bonds is 5. The van der Waals surface area contributed by atoms with Gasteiger partial charge in [0.05, 0.1) is 20.1 Å². The predicted octanol–water partition coefficient (Wildman–Crippen LogP) is 3.24. The first-order valence-corrected chi connectivity index (χ1v) is 7.65. The molecule has 0 bridgehead atoms. The number of benzene rings is 1. The molecule has 1 aliphatic rings. The Bertz CT molecular complexity index is 433. The first-order chi connectivity index (χ1) is 9.20. The third-order valence-corrected chi connectivity index (χ3v) is 4.68. The molecule has 0 amide bonds. The predicted molar refractivity (Wildman–Crippen MR) is 77.8 cm³/mol. The van der Waals surface area contributed by atoms with Crippen LogP contribution in [0.15, 0.2) is 24.3 Å². The number of carbonyl (C=O) groups excluding carboxylic acids is 1. The third-order valence-electron chi connectivity index (χ3n) is 3.35. The normalized spacial score (nSPS) is 19.2. The topological polar surface area (TPSA) is 35.5 Å². The SMILES string of the molecule is COC(=O)CC(C)SCC1CCOc2ccccc21. The molecule has 0 saturated heterocycles. The van der Waals surface area contributed by atoms with E-state index in [-0.39, 0.29) is 5.97 Å². The largest absolute Gasteiger partial charge is 0.493 e. The van der Waals surface area contributed by atoms with E-state index < -0.39 is 0 Å². The molecule has 2 unspecified atom stereocenters. The molecule has 2 atom stereocenters. The zero-order chi connectivity index (χ0) is 13.7. The van der Waals surface area contributed by atoms with E-state index >= 15 is 0 Å². The third kappa shape index (κ3) is 3.90. The van der Waals surface area contributed by atoms with Crippen LogP contribution in [0.4, 0.5) is 0 Å². The lowest BCUT2D eigenvalue weighted by atomic mass is 9.95. The van der Waals surface area contributed by atoms with Crippen LogP contribution in [-0.2, 0) is 9.53 Å². The Hall–Kier alpha value is -1.16. The summed E-state index contributed by atoms with van der Waals surface area (Å²) >= 11 is 1.83. The van der Waals surface area contributed by atoms with Crippen LogP contribution in [0.3, 0.4) is 0 Å². The smallest absolute Gasteiger partial charge is 0.306 e. The van der Waals surface area contributed by atoms with Crippen LogP contribution >= 0.6 is 11.8 Å². The highest BCUT2D eigenvalue weighted by Crippen LogP contribution is 2.36. The number of hydrogen-bond donors (Lipinski definition) is 0. The Labute approximate surface area is 118 Å². The lowest BCUT2D eigenvalue weighted by Crippen LogP contribution is -2.17. The molecule has 0 radical (unpaired) electrons. The molecule has 1 aromatic carbocycles. The highest BCUT2D eigenvalue weighted by atomic mass is 32.2. The number of methoxy groups -OCH3 is 1. The standard InChI is InChI=1S/C15H20O3S/c1-11(9-15(16)17-2)19-10-12-7-8-18-14-6-4-3-5-13(12)14/h3-6,11-12H,7-10H2,1-2H3. The zero-order valence-electron chi connectivity index (χ0n) is 11.4. The molecular formula is C15H20O3S. The van der Waals surface area contributed by atoms with E-state index in [4.69, 9.17) is 9.47 Å². The van der Waals surface area contributed by atoms with Crippen LogP contribution in [-0.4, -0.2) is 30.7 Å². The minimum Gasteiger partial charge on any atom is -0.493 e. The first-order valence-electron chi connectivity index (χ1n) is 6.61. The van der Waals surface area contributed by atoms with Gasteiger partial charge in [0.25, 0.3) is 0 Å². The van der Waals surface area contributed by atoms with Crippen LogP contribution in [0.25, 0.3) is 0 Å². The minimum absolute atomic E-state index is 0.132. The molecule has 3 nitrogen and oxygen atoms in total. The molecule has 0 N–H and O–H groups in total. The molecule has 0 spiro atoms. The van der Waals surface area contributed by atoms with E-state index in [9.17, 15) is 4.79 Å². The number of hydrogen-bond acceptors (Lipinski definition) is 4. The number of thioether (sulfide) groups is 1. The van der Waals surface area contributed by atoms with Crippen molar-refractivity contribution in [1.82, 2.24) is 0 Å². The monoisotopic (exact) mass is 280 g/mol. The Morgan fingerprint density at radius 2 is 2.32 bits per heavy atom. The molecule has 0 fully saturated rings. The van der Waals surface area contributed by atoms with Gasteiger partial charge in [0.15, 0.2) is 0 Å². The zero-order valence-corrected chi connectivity index (χ0v) is 12.2. The van der Waals surface area contributed by atoms with Crippen molar-refractivity contribution in [3.05, 3.63) is 29.8 Å². The second-order valence-corrected chi connectivity index (χ2v) is 6.27. The maximum atomic E-state index is 11.2. The van der Waals surface area contributed by atoms with E-state index in [1.165, 1.54) is 12.7 Å². The summed E-state index contributed by atoms with van der Waals surface area (Å²) in [4.78, 5) is 11.2. The fourth-order valence-electron chi connectivity index (χ4n) is 2.25. The van der Waals surface area contributed by atoms with Crippen molar-refractivity contribution in [3.63, 3.8) is 0 Å². The fraction of sp³-hybridized carbons (Fsp3) is 0.533. The van der Waals surface area contributed by atoms with Crippen LogP contribution < -0.4 is 4.74 Å². The summed E-state index contributed by atoms with van der Waals surface area (Å²) in [5, 5.41) is 0.294. The van der Waals surface area contributed by atoms with E-state index in [1.54, 1.807) is 0 Å². The summed E-state index contributed by atoms with van der Waals surface area (Å²) in [6, 6.07) is 8.24. The fourth-order valence-corrected chi connectivity index (χ4v) is 3.41. The highest BCUT2D eigenvalue weighted by Gasteiger charge is 2.22. The van der Waals surface area contributed by atoms with Crippen molar-refractivity contribution in [2.45, 2.75) is 30.9 Å². The van der Waals surface area contributed by atoms with Gasteiger partial charge in [-0.25, -0.2) is 0 Å². The van der Waals surface area contributed by atoms with Crippen LogP contribution in [0.1, 0.15) is 31.2 Å². The van der Waals surface area contributed by atoms with Crippen molar-refractivity contribution >= 4 is 17.7 Å². The summed E-state index contributed by atoms with van der Waals surface area (Å²) in [6.07, 6.45) is 1.53. The molecule has 0 aromatic heterocycles. The Morgan fingerprint density at radius 3 is 3.11 bits per heavy atom. The number of ether oxygens (including phenoxy) is 2. The molecule has 1 heterocycles. The van der Waals surface area contributed by atoms with Crippen molar-refractivity contribution in [2.75, 3.05) is 19.5 Å². The molecule has 19 heavy (non-hydrogen) atoms. The van der Waals surface area contributed by atoms with Crippen molar-refractivity contribution in [2.24, 2.45) is 0 Å². The van der Waals surface area contributed by atoms with Crippen LogP contribution in [0.2, 0.25) is 0 Å². The van der Waals surface area contributed by atoms with Gasteiger partial charge in [0, 0.05) is 11.0 Å². The first kappa shape index (κ1) is 14.3. The number of para-hydroxylation sites is 1. The average molecular weight is 280 g/mol. The molecule has 2 rings (SSSR count). The quantitative estimate of drug-likeness (QED) is 0.776. The second kappa shape index (κ2) is 6.85. The molecule has 4 heteroatoms. The van der Waals surface area contributed by atoms with Crippen LogP contribution in [0, 0.1) is 0 Å². The van der Waals surface area contributed by atoms with Gasteiger partial charge in [0.1, 0.15) is 5.75 Å². The van der Waals surface area contributed by atoms with Crippen molar-refractivity contribution in [1.29, 1.82) is 0 Å². The van der Waals surface area contributed by atoms with Gasteiger partial charge in [-0.05, 0) is 24.0 Å². The summed E-state index contributed by atoms with van der Waals surface area (Å²) < 4.78 is 10.4. The van der Waals surface area contributed by atoms with Gasteiger partial charge >= 0.3 is 5.97 Å². The van der Waals surface area contributed by atoms with E-state index in [1.807, 2.05) is 23.9 Å². The molecule has 104 valence electrons. The molecule has 1 aliphatic heterocycles. The lowest BCUT2D eigenvalue weighted by molar-refractivity contribution is -0.140. The van der Waals surface area contributed by atoms with Gasteiger partial charge in [0.2, 0.25) is 0 Å². The summed E-state index contributed by atoms with van der Waals surface area (Å²) in [6.45, 7) is 2.86. The summed E-state index contributed by atoms with van der Waals surface area (Å²) in [5.74, 6) is 2.43. The van der Waals surface area contributed by atoms with Gasteiger partial charge in [-0.15, -0.1) is 0 Å². The van der Waals surface area contributed by atoms with Gasteiger partial charge in [-0.3, -0.25) is 4.79 Å². The van der Waals surface area contributed by atoms with E-state index in [0.29, 0.717) is 17.6 Å². The maximum Gasteiger partial charge on any atom is 0.306 e. The van der Waals surface area contributed by atoms with Crippen molar-refractivity contribution in [3.8, 4) is 5.75 Å². The van der Waals surface area contributed by atoms with E-state index in [0.717, 1.165) is 24.5 Å². The van der Waals surface area contributed by atoms with Gasteiger partial charge in [-0.1, -0.05) is 25.1 Å².